The number of ether oxygens (including phenoxy) is 1. The van der Waals surface area contributed by atoms with E-state index in [4.69, 9.17) is 16.3 Å². The predicted molar refractivity (Wildman–Crippen MR) is 109 cm³/mol. The average Bonchev–Trinajstić information content (AvgIpc) is 3.05. The molecule has 0 radical (unpaired) electrons. The second kappa shape index (κ2) is 7.18. The van der Waals surface area contributed by atoms with E-state index in [1.807, 2.05) is 6.07 Å². The van der Waals surface area contributed by atoms with Gasteiger partial charge in [-0.15, -0.1) is 0 Å². The van der Waals surface area contributed by atoms with Gasteiger partial charge in [0.15, 0.2) is 11.6 Å². The van der Waals surface area contributed by atoms with Gasteiger partial charge < -0.3 is 15.4 Å². The van der Waals surface area contributed by atoms with Gasteiger partial charge in [-0.3, -0.25) is 9.69 Å². The van der Waals surface area contributed by atoms with Crippen LogP contribution in [0.25, 0.3) is 0 Å². The zero-order chi connectivity index (χ0) is 20.9. The van der Waals surface area contributed by atoms with Crippen LogP contribution in [0.2, 0.25) is 5.02 Å². The number of likely N-dealkylation sites (tertiary alicyclic amines) is 1. The fraction of sp³-hybridized carbons (Fsp3) is 0.409. The molecule has 2 N–H and O–H groups in total. The SMILES string of the molecule is O=C1NC2(COC3(CCN(Cc4ccc(F)c(F)c4)CC3)C2)Nc2ccc(Cl)cc21. The molecule has 3 aliphatic heterocycles. The number of carbonyl (C=O) groups excluding carboxylic acids is 1. The van der Waals surface area contributed by atoms with Crippen molar-refractivity contribution in [2.45, 2.75) is 37.1 Å². The maximum absolute atomic E-state index is 13.5. The van der Waals surface area contributed by atoms with E-state index in [1.54, 1.807) is 18.2 Å². The fourth-order valence-electron chi connectivity index (χ4n) is 4.81. The molecule has 1 atom stereocenters. The van der Waals surface area contributed by atoms with Crippen LogP contribution in [0.1, 0.15) is 35.2 Å². The molecule has 3 aliphatic rings. The van der Waals surface area contributed by atoms with Gasteiger partial charge in [0, 0.05) is 36.8 Å². The first kappa shape index (κ1) is 19.7. The molecule has 0 aromatic heterocycles. The molecule has 158 valence electrons. The van der Waals surface area contributed by atoms with Crippen molar-refractivity contribution in [3.8, 4) is 0 Å². The van der Waals surface area contributed by atoms with E-state index in [9.17, 15) is 13.6 Å². The molecule has 2 fully saturated rings. The molecular formula is C22H22ClF2N3O2. The van der Waals surface area contributed by atoms with E-state index in [-0.39, 0.29) is 11.5 Å². The van der Waals surface area contributed by atoms with Crippen molar-refractivity contribution in [3.05, 3.63) is 64.2 Å². The van der Waals surface area contributed by atoms with Gasteiger partial charge in [0.2, 0.25) is 0 Å². The summed E-state index contributed by atoms with van der Waals surface area (Å²) < 4.78 is 32.9. The maximum Gasteiger partial charge on any atom is 0.255 e. The number of nitrogens with zero attached hydrogens (tertiary/aromatic N) is 1. The molecule has 1 amide bonds. The molecule has 2 aromatic carbocycles. The Balaban J connectivity index is 1.25. The van der Waals surface area contributed by atoms with E-state index in [0.29, 0.717) is 30.2 Å². The third-order valence-corrected chi connectivity index (χ3v) is 6.59. The molecule has 0 bridgehead atoms. The monoisotopic (exact) mass is 433 g/mol. The molecule has 2 aromatic rings. The molecule has 5 nitrogen and oxygen atoms in total. The Labute approximate surface area is 178 Å². The number of amides is 1. The third-order valence-electron chi connectivity index (χ3n) is 6.36. The summed E-state index contributed by atoms with van der Waals surface area (Å²) in [6, 6.07) is 9.30. The lowest BCUT2D eigenvalue weighted by atomic mass is 9.84. The third kappa shape index (κ3) is 3.55. The van der Waals surface area contributed by atoms with Crippen molar-refractivity contribution in [2.24, 2.45) is 0 Å². The Bertz CT molecular complexity index is 1010. The van der Waals surface area contributed by atoms with Crippen LogP contribution >= 0.6 is 11.6 Å². The first-order valence-corrected chi connectivity index (χ1v) is 10.4. The number of benzene rings is 2. The van der Waals surface area contributed by atoms with Gasteiger partial charge in [0.05, 0.1) is 17.8 Å². The lowest BCUT2D eigenvalue weighted by molar-refractivity contribution is -0.0452. The lowest BCUT2D eigenvalue weighted by Gasteiger charge is -2.41. The number of hydrogen-bond donors (Lipinski definition) is 2. The summed E-state index contributed by atoms with van der Waals surface area (Å²) in [7, 11) is 0. The van der Waals surface area contributed by atoms with Gasteiger partial charge in [-0.05, 0) is 48.7 Å². The second-order valence-corrected chi connectivity index (χ2v) is 8.96. The largest absolute Gasteiger partial charge is 0.370 e. The zero-order valence-corrected chi connectivity index (χ0v) is 17.1. The highest BCUT2D eigenvalue weighted by molar-refractivity contribution is 6.31. The Morgan fingerprint density at radius 2 is 1.87 bits per heavy atom. The van der Waals surface area contributed by atoms with Crippen molar-refractivity contribution >= 4 is 23.2 Å². The molecule has 1 unspecified atom stereocenters. The Hall–Kier alpha value is -2.22. The van der Waals surface area contributed by atoms with Gasteiger partial charge in [-0.1, -0.05) is 17.7 Å². The van der Waals surface area contributed by atoms with E-state index in [2.05, 4.69) is 15.5 Å². The first-order chi connectivity index (χ1) is 14.4. The minimum Gasteiger partial charge on any atom is -0.370 e. The number of carbonyl (C=O) groups is 1. The van der Waals surface area contributed by atoms with Crippen molar-refractivity contribution in [1.82, 2.24) is 10.2 Å². The summed E-state index contributed by atoms with van der Waals surface area (Å²) in [6.07, 6.45) is 2.29. The molecule has 2 saturated heterocycles. The Morgan fingerprint density at radius 3 is 2.63 bits per heavy atom. The van der Waals surface area contributed by atoms with Crippen LogP contribution < -0.4 is 10.6 Å². The summed E-state index contributed by atoms with van der Waals surface area (Å²) in [6.45, 7) is 2.54. The highest BCUT2D eigenvalue weighted by atomic mass is 35.5. The van der Waals surface area contributed by atoms with E-state index in [1.165, 1.54) is 12.1 Å². The maximum atomic E-state index is 13.5. The van der Waals surface area contributed by atoms with Gasteiger partial charge in [0.1, 0.15) is 5.66 Å². The van der Waals surface area contributed by atoms with Crippen molar-refractivity contribution in [2.75, 3.05) is 25.0 Å². The van der Waals surface area contributed by atoms with E-state index >= 15 is 0 Å². The van der Waals surface area contributed by atoms with Gasteiger partial charge >= 0.3 is 0 Å². The molecule has 30 heavy (non-hydrogen) atoms. The predicted octanol–water partition coefficient (Wildman–Crippen LogP) is 3.92. The molecule has 2 spiro atoms. The van der Waals surface area contributed by atoms with Gasteiger partial charge in [0.25, 0.3) is 5.91 Å². The molecule has 0 saturated carbocycles. The summed E-state index contributed by atoms with van der Waals surface area (Å²) in [4.78, 5) is 14.9. The standard InChI is InChI=1S/C22H22ClF2N3O2/c23-15-2-4-19-16(10-15)20(29)27-22(26-19)12-21(30-13-22)5-7-28(8-6-21)11-14-1-3-17(24)18(25)9-14/h1-4,9-10,26H,5-8,11-13H2,(H,27,29). The van der Waals surface area contributed by atoms with Crippen LogP contribution in [0.5, 0.6) is 0 Å². The first-order valence-electron chi connectivity index (χ1n) is 10.1. The van der Waals surface area contributed by atoms with Crippen molar-refractivity contribution in [1.29, 1.82) is 0 Å². The Morgan fingerprint density at radius 1 is 1.07 bits per heavy atom. The van der Waals surface area contributed by atoms with Crippen LogP contribution in [0, 0.1) is 11.6 Å². The van der Waals surface area contributed by atoms with Crippen molar-refractivity contribution < 1.29 is 18.3 Å². The molecule has 5 rings (SSSR count). The zero-order valence-electron chi connectivity index (χ0n) is 16.3. The normalized spacial score (nSPS) is 25.2. The lowest BCUT2D eigenvalue weighted by Crippen LogP contribution is -2.59. The number of rotatable bonds is 2. The van der Waals surface area contributed by atoms with Crippen LogP contribution in [0.4, 0.5) is 14.5 Å². The number of fused-ring (bicyclic) bond motifs is 1. The van der Waals surface area contributed by atoms with Gasteiger partial charge in [-0.2, -0.15) is 0 Å². The van der Waals surface area contributed by atoms with Crippen LogP contribution in [0.3, 0.4) is 0 Å². The molecule has 0 aliphatic carbocycles. The molecular weight excluding hydrogens is 412 g/mol. The van der Waals surface area contributed by atoms with E-state index < -0.39 is 17.3 Å². The fourth-order valence-corrected chi connectivity index (χ4v) is 4.98. The van der Waals surface area contributed by atoms with E-state index in [0.717, 1.165) is 37.2 Å². The highest BCUT2D eigenvalue weighted by Crippen LogP contribution is 2.43. The number of halogens is 3. The number of anilines is 1. The van der Waals surface area contributed by atoms with Crippen LogP contribution in [-0.2, 0) is 11.3 Å². The topological polar surface area (TPSA) is 53.6 Å². The summed E-state index contributed by atoms with van der Waals surface area (Å²) >= 11 is 6.02. The number of hydrogen-bond acceptors (Lipinski definition) is 4. The van der Waals surface area contributed by atoms with Crippen molar-refractivity contribution in [3.63, 3.8) is 0 Å². The van der Waals surface area contributed by atoms with Gasteiger partial charge in [-0.25, -0.2) is 8.78 Å². The molecule has 3 heterocycles. The molecule has 8 heteroatoms. The smallest absolute Gasteiger partial charge is 0.255 e. The average molecular weight is 434 g/mol. The van der Waals surface area contributed by atoms with Crippen LogP contribution in [0.15, 0.2) is 36.4 Å². The highest BCUT2D eigenvalue weighted by Gasteiger charge is 2.53. The summed E-state index contributed by atoms with van der Waals surface area (Å²) in [5.74, 6) is -1.79. The second-order valence-electron chi connectivity index (χ2n) is 8.52. The quantitative estimate of drug-likeness (QED) is 0.753. The minimum absolute atomic E-state index is 0.150. The number of nitrogens with one attached hydrogen (secondary N) is 2. The minimum atomic E-state index is -0.827. The summed E-state index contributed by atoms with van der Waals surface area (Å²) in [5, 5.41) is 7.06. The van der Waals surface area contributed by atoms with Crippen LogP contribution in [-0.4, -0.2) is 41.8 Å². The number of piperidine rings is 1. The Kier molecular flexibility index (Phi) is 4.72. The summed E-state index contributed by atoms with van der Waals surface area (Å²) in [5.41, 5.74) is 1.12.